The molecule has 1 aliphatic rings. The molecule has 0 aromatic heterocycles. The highest BCUT2D eigenvalue weighted by Gasteiger charge is 2.18. The second-order valence-electron chi connectivity index (χ2n) is 11.6. The largest absolute Gasteiger partial charge is 0.396 e. The normalized spacial score (nSPS) is 24.2. The van der Waals surface area contributed by atoms with Gasteiger partial charge < -0.3 is 10.2 Å². The van der Waals surface area contributed by atoms with Crippen molar-refractivity contribution in [3.05, 3.63) is 0 Å². The lowest BCUT2D eigenvalue weighted by Gasteiger charge is -2.23. The molecule has 0 spiro atoms. The molecule has 204 valence electrons. The highest BCUT2D eigenvalue weighted by Crippen LogP contribution is 2.26. The Morgan fingerprint density at radius 3 is 1.12 bits per heavy atom. The minimum absolute atomic E-state index is 0.0589. The van der Waals surface area contributed by atoms with Crippen molar-refractivity contribution < 1.29 is 10.2 Å². The molecule has 0 radical (unpaired) electrons. The van der Waals surface area contributed by atoms with Crippen LogP contribution in [0, 0.1) is 5.92 Å². The maximum absolute atomic E-state index is 11.0. The van der Waals surface area contributed by atoms with E-state index in [1.807, 2.05) is 0 Å². The molecule has 2 atom stereocenters. The lowest BCUT2D eigenvalue weighted by Crippen LogP contribution is -2.20. The van der Waals surface area contributed by atoms with Gasteiger partial charge in [-0.25, -0.2) is 0 Å². The van der Waals surface area contributed by atoms with E-state index in [0.29, 0.717) is 12.5 Å². The van der Waals surface area contributed by atoms with E-state index in [2.05, 4.69) is 0 Å². The molecule has 1 aliphatic carbocycles. The maximum Gasteiger partial charge on any atom is 0.0568 e. The third-order valence-electron chi connectivity index (χ3n) is 8.35. The van der Waals surface area contributed by atoms with E-state index < -0.39 is 0 Å². The van der Waals surface area contributed by atoms with E-state index in [1.165, 1.54) is 173 Å². The number of aliphatic hydroxyl groups is 2. The molecule has 2 heteroatoms. The molecule has 2 N–H and O–H groups in total. The summed E-state index contributed by atoms with van der Waals surface area (Å²) in [6.45, 7) is 0.351. The molecule has 0 bridgehead atoms. The van der Waals surface area contributed by atoms with Crippen LogP contribution in [0.2, 0.25) is 0 Å². The Bertz CT molecular complexity index is 381. The van der Waals surface area contributed by atoms with Gasteiger partial charge in [-0.3, -0.25) is 0 Å². The monoisotopic (exact) mass is 480 g/mol. The molecule has 0 amide bonds. The van der Waals surface area contributed by atoms with Gasteiger partial charge in [0.15, 0.2) is 0 Å². The average Bonchev–Trinajstić information content (AvgIpc) is 2.84. The smallest absolute Gasteiger partial charge is 0.0568 e. The van der Waals surface area contributed by atoms with Crippen LogP contribution in [0.1, 0.15) is 186 Å². The first-order valence-electron chi connectivity index (χ1n) is 16.1. The first-order valence-corrected chi connectivity index (χ1v) is 16.1. The summed E-state index contributed by atoms with van der Waals surface area (Å²) in [5.74, 6) is 0.544. The van der Waals surface area contributed by atoms with Crippen molar-refractivity contribution in [2.45, 2.75) is 192 Å². The van der Waals surface area contributed by atoms with Crippen LogP contribution in [0.15, 0.2) is 0 Å². The van der Waals surface area contributed by atoms with Gasteiger partial charge in [0.2, 0.25) is 0 Å². The molecule has 0 heterocycles. The van der Waals surface area contributed by atoms with Gasteiger partial charge in [-0.15, -0.1) is 0 Å². The van der Waals surface area contributed by atoms with Crippen LogP contribution >= 0.6 is 0 Å². The Balaban J connectivity index is 2.27. The zero-order chi connectivity index (χ0) is 24.4. The third kappa shape index (κ3) is 21.2. The van der Waals surface area contributed by atoms with Crippen molar-refractivity contribution in [3.63, 3.8) is 0 Å². The summed E-state index contributed by atoms with van der Waals surface area (Å²) in [6, 6.07) is 0. The zero-order valence-electron chi connectivity index (χ0n) is 23.3. The molecule has 0 aromatic rings. The Morgan fingerprint density at radius 1 is 0.382 bits per heavy atom. The Labute approximate surface area is 215 Å². The van der Waals surface area contributed by atoms with E-state index in [9.17, 15) is 5.11 Å². The fourth-order valence-electron chi connectivity index (χ4n) is 5.93. The lowest BCUT2D eigenvalue weighted by atomic mass is 9.87. The van der Waals surface area contributed by atoms with Gasteiger partial charge in [-0.05, 0) is 31.6 Å². The molecule has 0 saturated heterocycles. The fraction of sp³-hybridized carbons (Fsp3) is 1.00. The molecular weight excluding hydrogens is 416 g/mol. The van der Waals surface area contributed by atoms with Crippen LogP contribution < -0.4 is 0 Å². The van der Waals surface area contributed by atoms with Crippen molar-refractivity contribution in [1.82, 2.24) is 0 Å². The molecule has 0 aromatic carbocycles. The van der Waals surface area contributed by atoms with E-state index in [1.54, 1.807) is 0 Å². The summed E-state index contributed by atoms with van der Waals surface area (Å²) < 4.78 is 0. The minimum atomic E-state index is -0.0589. The predicted octanol–water partition coefficient (Wildman–Crippen LogP) is 10.3. The van der Waals surface area contributed by atoms with Crippen LogP contribution in [-0.2, 0) is 0 Å². The number of hydrogen-bond acceptors (Lipinski definition) is 2. The van der Waals surface area contributed by atoms with Gasteiger partial charge in [0.05, 0.1) is 6.10 Å². The molecule has 2 unspecified atom stereocenters. The highest BCUT2D eigenvalue weighted by atomic mass is 16.3. The Hall–Kier alpha value is -0.0800. The summed E-state index contributed by atoms with van der Waals surface area (Å²) in [5, 5.41) is 19.9. The van der Waals surface area contributed by atoms with Crippen LogP contribution in [0.25, 0.3) is 0 Å². The van der Waals surface area contributed by atoms with Gasteiger partial charge in [0.1, 0.15) is 0 Å². The molecule has 34 heavy (non-hydrogen) atoms. The maximum atomic E-state index is 11.0. The molecule has 1 rings (SSSR count). The van der Waals surface area contributed by atoms with Crippen molar-refractivity contribution in [1.29, 1.82) is 0 Å². The van der Waals surface area contributed by atoms with Crippen molar-refractivity contribution in [3.8, 4) is 0 Å². The van der Waals surface area contributed by atoms with Gasteiger partial charge in [-0.2, -0.15) is 0 Å². The Kier molecular flexibility index (Phi) is 24.4. The lowest BCUT2D eigenvalue weighted by molar-refractivity contribution is 0.0829. The van der Waals surface area contributed by atoms with E-state index in [-0.39, 0.29) is 6.10 Å². The molecular formula is C32H64O2. The number of unbranched alkanes of at least 4 members (excludes halogenated alkanes) is 7. The predicted molar refractivity (Wildman–Crippen MR) is 150 cm³/mol. The minimum Gasteiger partial charge on any atom is -0.396 e. The van der Waals surface area contributed by atoms with E-state index >= 15 is 0 Å². The van der Waals surface area contributed by atoms with Gasteiger partial charge in [-0.1, -0.05) is 161 Å². The summed E-state index contributed by atoms with van der Waals surface area (Å²) in [7, 11) is 0. The van der Waals surface area contributed by atoms with Crippen molar-refractivity contribution in [2.24, 2.45) is 5.92 Å². The fourth-order valence-corrected chi connectivity index (χ4v) is 5.93. The van der Waals surface area contributed by atoms with Gasteiger partial charge in [0, 0.05) is 6.61 Å². The number of rotatable bonds is 10. The highest BCUT2D eigenvalue weighted by molar-refractivity contribution is 4.70. The second-order valence-corrected chi connectivity index (χ2v) is 11.6. The quantitative estimate of drug-likeness (QED) is 0.305. The topological polar surface area (TPSA) is 40.5 Å². The van der Waals surface area contributed by atoms with Crippen LogP contribution in [0.4, 0.5) is 0 Å². The zero-order valence-corrected chi connectivity index (χ0v) is 23.3. The molecule has 0 aliphatic heterocycles. The Morgan fingerprint density at radius 2 is 0.706 bits per heavy atom. The molecule has 1 saturated carbocycles. The standard InChI is InChI=1S/C32H64O2/c33-30-26-22-18-14-13-16-20-24-28-31-27-23-19-15-11-9-7-5-3-1-2-4-6-8-10-12-17-21-25-29-32(31)34/h31-34H,1-30H2. The summed E-state index contributed by atoms with van der Waals surface area (Å²) in [5.41, 5.74) is 0. The van der Waals surface area contributed by atoms with Crippen molar-refractivity contribution >= 4 is 0 Å². The van der Waals surface area contributed by atoms with Gasteiger partial charge >= 0.3 is 0 Å². The average molecular weight is 481 g/mol. The van der Waals surface area contributed by atoms with Crippen LogP contribution in [-0.4, -0.2) is 22.9 Å². The SMILES string of the molecule is OCCCCCCCCCCC1CCCCCCCCCCCCCCCCCCCCC1O. The third-order valence-corrected chi connectivity index (χ3v) is 8.35. The first kappa shape index (κ1) is 31.9. The van der Waals surface area contributed by atoms with E-state index in [4.69, 9.17) is 5.11 Å². The molecule has 1 fully saturated rings. The van der Waals surface area contributed by atoms with Crippen molar-refractivity contribution in [2.75, 3.05) is 6.61 Å². The number of hydrogen-bond donors (Lipinski definition) is 2. The summed E-state index contributed by atoms with van der Waals surface area (Å²) >= 11 is 0. The summed E-state index contributed by atoms with van der Waals surface area (Å²) in [6.07, 6.45) is 38.9. The molecule has 2 nitrogen and oxygen atoms in total. The van der Waals surface area contributed by atoms with Gasteiger partial charge in [0.25, 0.3) is 0 Å². The van der Waals surface area contributed by atoms with Crippen LogP contribution in [0.5, 0.6) is 0 Å². The number of aliphatic hydroxyl groups excluding tert-OH is 2. The van der Waals surface area contributed by atoms with Crippen LogP contribution in [0.3, 0.4) is 0 Å². The van der Waals surface area contributed by atoms with E-state index in [0.717, 1.165) is 12.8 Å². The second kappa shape index (κ2) is 26.0. The first-order chi connectivity index (χ1) is 16.8. The summed E-state index contributed by atoms with van der Waals surface area (Å²) in [4.78, 5) is 0.